The third-order valence-electron chi connectivity index (χ3n) is 4.02. The molecule has 17 heavy (non-hydrogen) atoms. The molecule has 2 aliphatic heterocycles. The molecule has 4 heterocycles. The van der Waals surface area contributed by atoms with Crippen LogP contribution in [0.4, 0.5) is 11.8 Å². The first kappa shape index (κ1) is 9.21. The van der Waals surface area contributed by atoms with Gasteiger partial charge in [0.25, 0.3) is 0 Å². The standard InChI is InChI=1S/C11H14N6/c12-9-10-14-15-11(16(10)6-5-13-9)17-7-1-2-8(17)4-3-7/h5-8H,1-4H2,(H2,12,13). The minimum absolute atomic E-state index is 0.442. The number of aromatic nitrogens is 4. The van der Waals surface area contributed by atoms with Crippen molar-refractivity contribution in [1.29, 1.82) is 0 Å². The molecule has 6 nitrogen and oxygen atoms in total. The molecule has 88 valence electrons. The van der Waals surface area contributed by atoms with Crippen molar-refractivity contribution < 1.29 is 0 Å². The summed E-state index contributed by atoms with van der Waals surface area (Å²) < 4.78 is 1.96. The highest BCUT2D eigenvalue weighted by molar-refractivity contribution is 5.62. The Labute approximate surface area is 98.5 Å². The summed E-state index contributed by atoms with van der Waals surface area (Å²) in [6.07, 6.45) is 8.70. The number of nitrogens with two attached hydrogens (primary N) is 1. The highest BCUT2D eigenvalue weighted by atomic mass is 15.4. The van der Waals surface area contributed by atoms with Crippen molar-refractivity contribution in [2.45, 2.75) is 37.8 Å². The van der Waals surface area contributed by atoms with Gasteiger partial charge in [0, 0.05) is 24.5 Å². The largest absolute Gasteiger partial charge is 0.381 e. The molecule has 0 amide bonds. The molecule has 2 aromatic rings. The number of hydrogen-bond donors (Lipinski definition) is 1. The Hall–Kier alpha value is -1.85. The predicted molar refractivity (Wildman–Crippen MR) is 63.7 cm³/mol. The number of nitrogen functional groups attached to an aromatic ring is 1. The van der Waals surface area contributed by atoms with Crippen LogP contribution in [0.1, 0.15) is 25.7 Å². The van der Waals surface area contributed by atoms with E-state index >= 15 is 0 Å². The highest BCUT2D eigenvalue weighted by Gasteiger charge is 2.41. The molecule has 4 rings (SSSR count). The maximum absolute atomic E-state index is 5.80. The predicted octanol–water partition coefficient (Wildman–Crippen LogP) is 0.838. The second kappa shape index (κ2) is 3.09. The molecule has 0 atom stereocenters. The molecular weight excluding hydrogens is 216 g/mol. The molecule has 0 saturated carbocycles. The summed E-state index contributed by atoms with van der Waals surface area (Å²) in [7, 11) is 0. The van der Waals surface area contributed by atoms with Crippen LogP contribution in [0, 0.1) is 0 Å². The first-order valence-electron chi connectivity index (χ1n) is 6.08. The van der Waals surface area contributed by atoms with E-state index < -0.39 is 0 Å². The summed E-state index contributed by atoms with van der Waals surface area (Å²) >= 11 is 0. The number of fused-ring (bicyclic) bond motifs is 3. The van der Waals surface area contributed by atoms with Crippen LogP contribution in [0.2, 0.25) is 0 Å². The van der Waals surface area contributed by atoms with Crippen LogP contribution in [0.15, 0.2) is 12.4 Å². The third-order valence-corrected chi connectivity index (χ3v) is 4.02. The van der Waals surface area contributed by atoms with E-state index in [1.54, 1.807) is 6.20 Å². The summed E-state index contributed by atoms with van der Waals surface area (Å²) in [5.74, 6) is 1.37. The summed E-state index contributed by atoms with van der Waals surface area (Å²) in [5.41, 5.74) is 6.46. The van der Waals surface area contributed by atoms with Crippen molar-refractivity contribution in [3.63, 3.8) is 0 Å². The lowest BCUT2D eigenvalue weighted by atomic mass is 10.0. The number of hydrogen-bond acceptors (Lipinski definition) is 5. The Bertz CT molecular complexity index is 556. The van der Waals surface area contributed by atoms with Crippen LogP contribution in [0.5, 0.6) is 0 Å². The van der Waals surface area contributed by atoms with Crippen LogP contribution in [0.25, 0.3) is 5.65 Å². The molecule has 2 bridgehead atoms. The Balaban J connectivity index is 1.89. The van der Waals surface area contributed by atoms with E-state index in [0.717, 1.165) is 5.95 Å². The van der Waals surface area contributed by atoms with E-state index in [1.807, 2.05) is 10.6 Å². The Morgan fingerprint density at radius 3 is 2.53 bits per heavy atom. The second-order valence-corrected chi connectivity index (χ2v) is 4.88. The SMILES string of the molecule is Nc1nccn2c(N3C4CCC3CC4)nnc12. The van der Waals surface area contributed by atoms with Crippen molar-refractivity contribution in [3.8, 4) is 0 Å². The molecule has 0 aromatic carbocycles. The molecule has 0 unspecified atom stereocenters. The average molecular weight is 230 g/mol. The van der Waals surface area contributed by atoms with Crippen LogP contribution >= 0.6 is 0 Å². The van der Waals surface area contributed by atoms with Crippen LogP contribution in [0.3, 0.4) is 0 Å². The van der Waals surface area contributed by atoms with Gasteiger partial charge in [-0.05, 0) is 25.7 Å². The highest BCUT2D eigenvalue weighted by Crippen LogP contribution is 2.40. The molecule has 6 heteroatoms. The van der Waals surface area contributed by atoms with E-state index in [2.05, 4.69) is 20.1 Å². The van der Waals surface area contributed by atoms with Gasteiger partial charge in [-0.3, -0.25) is 4.40 Å². The van der Waals surface area contributed by atoms with Gasteiger partial charge in [-0.25, -0.2) is 4.98 Å². The monoisotopic (exact) mass is 230 g/mol. The van der Waals surface area contributed by atoms with Crippen molar-refractivity contribution in [2.24, 2.45) is 0 Å². The van der Waals surface area contributed by atoms with Crippen molar-refractivity contribution in [3.05, 3.63) is 12.4 Å². The van der Waals surface area contributed by atoms with Crippen molar-refractivity contribution >= 4 is 17.4 Å². The third kappa shape index (κ3) is 1.12. The van der Waals surface area contributed by atoms with Gasteiger partial charge in [-0.1, -0.05) is 0 Å². The Kier molecular flexibility index (Phi) is 1.67. The van der Waals surface area contributed by atoms with Gasteiger partial charge in [-0.15, -0.1) is 10.2 Å². The molecule has 0 radical (unpaired) electrons. The molecule has 2 saturated heterocycles. The topological polar surface area (TPSA) is 72.3 Å². The van der Waals surface area contributed by atoms with Gasteiger partial charge in [0.1, 0.15) is 0 Å². The number of nitrogens with zero attached hydrogens (tertiary/aromatic N) is 5. The zero-order valence-corrected chi connectivity index (χ0v) is 9.45. The molecule has 2 aromatic heterocycles. The first-order chi connectivity index (χ1) is 8.34. The maximum atomic E-state index is 5.80. The fourth-order valence-electron chi connectivity index (χ4n) is 3.25. The average Bonchev–Trinajstić information content (AvgIpc) is 3.01. The quantitative estimate of drug-likeness (QED) is 0.785. The van der Waals surface area contributed by atoms with Gasteiger partial charge < -0.3 is 10.6 Å². The van der Waals surface area contributed by atoms with Crippen LogP contribution in [-0.2, 0) is 0 Å². The minimum atomic E-state index is 0.442. The molecular formula is C11H14N6. The van der Waals surface area contributed by atoms with Crippen molar-refractivity contribution in [2.75, 3.05) is 10.6 Å². The fourth-order valence-corrected chi connectivity index (χ4v) is 3.25. The van der Waals surface area contributed by atoms with Gasteiger partial charge >= 0.3 is 0 Å². The van der Waals surface area contributed by atoms with Gasteiger partial charge in [-0.2, -0.15) is 0 Å². The second-order valence-electron chi connectivity index (χ2n) is 4.88. The summed E-state index contributed by atoms with van der Waals surface area (Å²) in [5, 5.41) is 8.44. The molecule has 2 N–H and O–H groups in total. The number of anilines is 2. The van der Waals surface area contributed by atoms with E-state index in [1.165, 1.54) is 25.7 Å². The molecule has 2 fully saturated rings. The summed E-state index contributed by atoms with van der Waals surface area (Å²) in [4.78, 5) is 6.45. The van der Waals surface area contributed by atoms with Gasteiger partial charge in [0.05, 0.1) is 0 Å². The lowest BCUT2D eigenvalue weighted by molar-refractivity contribution is 0.576. The smallest absolute Gasteiger partial charge is 0.232 e. The molecule has 0 aliphatic carbocycles. The van der Waals surface area contributed by atoms with Crippen LogP contribution in [-0.4, -0.2) is 31.7 Å². The lowest BCUT2D eigenvalue weighted by Crippen LogP contribution is -2.29. The fraction of sp³-hybridized carbons (Fsp3) is 0.545. The molecule has 0 spiro atoms. The Morgan fingerprint density at radius 1 is 1.12 bits per heavy atom. The minimum Gasteiger partial charge on any atom is -0.381 e. The lowest BCUT2D eigenvalue weighted by Gasteiger charge is -2.21. The Morgan fingerprint density at radius 2 is 1.82 bits per heavy atom. The normalized spacial score (nSPS) is 27.2. The van der Waals surface area contributed by atoms with E-state index in [-0.39, 0.29) is 0 Å². The molecule has 2 aliphatic rings. The van der Waals surface area contributed by atoms with Crippen LogP contribution < -0.4 is 10.6 Å². The zero-order chi connectivity index (χ0) is 11.4. The summed E-state index contributed by atoms with van der Waals surface area (Å²) in [6.45, 7) is 0. The zero-order valence-electron chi connectivity index (χ0n) is 9.45. The van der Waals surface area contributed by atoms with Gasteiger partial charge in [0.2, 0.25) is 11.6 Å². The number of rotatable bonds is 1. The van der Waals surface area contributed by atoms with E-state index in [4.69, 9.17) is 5.73 Å². The van der Waals surface area contributed by atoms with E-state index in [9.17, 15) is 0 Å². The first-order valence-corrected chi connectivity index (χ1v) is 6.08. The van der Waals surface area contributed by atoms with Gasteiger partial charge in [0.15, 0.2) is 5.82 Å². The van der Waals surface area contributed by atoms with Crippen molar-refractivity contribution in [1.82, 2.24) is 19.6 Å². The summed E-state index contributed by atoms with van der Waals surface area (Å²) in [6, 6.07) is 1.28. The van der Waals surface area contributed by atoms with E-state index in [0.29, 0.717) is 23.5 Å². The maximum Gasteiger partial charge on any atom is 0.232 e.